The largest absolute Gasteiger partial charge is 0.481 e. The lowest BCUT2D eigenvalue weighted by molar-refractivity contribution is -0.145. The van der Waals surface area contributed by atoms with Gasteiger partial charge in [0, 0.05) is 0 Å². The Morgan fingerprint density at radius 1 is 1.17 bits per heavy atom. The van der Waals surface area contributed by atoms with E-state index in [4.69, 9.17) is 15.9 Å². The van der Waals surface area contributed by atoms with Gasteiger partial charge in [-0.1, -0.05) is 13.8 Å². The molecule has 0 aromatic heterocycles. The first-order valence-corrected chi connectivity index (χ1v) is 3.59. The second-order valence-corrected chi connectivity index (χ2v) is 2.85. The summed E-state index contributed by atoms with van der Waals surface area (Å²) in [6.45, 7) is 2.95. The number of hydrogen-bond donors (Lipinski definition) is 3. The summed E-state index contributed by atoms with van der Waals surface area (Å²) in [6.07, 6.45) is 0. The van der Waals surface area contributed by atoms with Crippen molar-refractivity contribution >= 4 is 11.9 Å². The first-order valence-electron chi connectivity index (χ1n) is 3.59. The van der Waals surface area contributed by atoms with Crippen molar-refractivity contribution in [3.05, 3.63) is 0 Å². The highest BCUT2D eigenvalue weighted by Crippen LogP contribution is 2.14. The fraction of sp³-hybridized carbons (Fsp3) is 0.714. The maximum Gasteiger partial charge on any atom is 0.320 e. The number of nitrogens with two attached hydrogens (primary N) is 1. The first kappa shape index (κ1) is 10.9. The number of carboxylic acids is 2. The van der Waals surface area contributed by atoms with Crippen LogP contribution in [0.5, 0.6) is 0 Å². The average molecular weight is 175 g/mol. The Hall–Kier alpha value is -1.10. The standard InChI is InChI=1S/C7H13NO4/c1-3(4(2)6(9)10)5(8)7(11)12/h3-5H,8H2,1-2H3,(H,9,10)(H,11,12)/t3-,4-,5-/m1/s1. The highest BCUT2D eigenvalue weighted by molar-refractivity contribution is 5.76. The molecule has 0 rings (SSSR count). The molecule has 0 heterocycles. The van der Waals surface area contributed by atoms with Crippen LogP contribution in [-0.4, -0.2) is 28.2 Å². The van der Waals surface area contributed by atoms with Gasteiger partial charge in [0.15, 0.2) is 0 Å². The quantitative estimate of drug-likeness (QED) is 0.547. The van der Waals surface area contributed by atoms with Crippen molar-refractivity contribution in [3.8, 4) is 0 Å². The first-order chi connectivity index (χ1) is 5.37. The van der Waals surface area contributed by atoms with Crippen molar-refractivity contribution in [1.29, 1.82) is 0 Å². The number of hydrogen-bond acceptors (Lipinski definition) is 3. The van der Waals surface area contributed by atoms with Crippen LogP contribution in [0.25, 0.3) is 0 Å². The van der Waals surface area contributed by atoms with Crippen molar-refractivity contribution in [1.82, 2.24) is 0 Å². The summed E-state index contributed by atoms with van der Waals surface area (Å²) < 4.78 is 0. The molecule has 5 heteroatoms. The number of carbonyl (C=O) groups is 2. The van der Waals surface area contributed by atoms with E-state index in [0.717, 1.165) is 0 Å². The normalized spacial score (nSPS) is 17.9. The van der Waals surface area contributed by atoms with Gasteiger partial charge >= 0.3 is 11.9 Å². The smallest absolute Gasteiger partial charge is 0.320 e. The van der Waals surface area contributed by atoms with Gasteiger partial charge in [0.25, 0.3) is 0 Å². The summed E-state index contributed by atoms with van der Waals surface area (Å²) in [4.78, 5) is 20.8. The lowest BCUT2D eigenvalue weighted by atomic mass is 9.89. The van der Waals surface area contributed by atoms with Gasteiger partial charge in [0.2, 0.25) is 0 Å². The predicted octanol–water partition coefficient (Wildman–Crippen LogP) is -0.245. The van der Waals surface area contributed by atoms with Gasteiger partial charge in [-0.05, 0) is 5.92 Å². The molecule has 0 aliphatic rings. The molecule has 0 unspecified atom stereocenters. The summed E-state index contributed by atoms with van der Waals surface area (Å²) >= 11 is 0. The van der Waals surface area contributed by atoms with E-state index in [1.54, 1.807) is 0 Å². The van der Waals surface area contributed by atoms with E-state index in [-0.39, 0.29) is 0 Å². The number of rotatable bonds is 4. The fourth-order valence-corrected chi connectivity index (χ4v) is 0.761. The molecular weight excluding hydrogens is 162 g/mol. The molecule has 12 heavy (non-hydrogen) atoms. The van der Waals surface area contributed by atoms with Crippen LogP contribution >= 0.6 is 0 Å². The molecule has 3 atom stereocenters. The Labute approximate surface area is 70.2 Å². The van der Waals surface area contributed by atoms with Crippen LogP contribution in [0.3, 0.4) is 0 Å². The summed E-state index contributed by atoms with van der Waals surface area (Å²) in [6, 6.07) is -1.11. The molecule has 0 bridgehead atoms. The van der Waals surface area contributed by atoms with E-state index in [1.807, 2.05) is 0 Å². The molecule has 0 aromatic rings. The van der Waals surface area contributed by atoms with Crippen LogP contribution in [0.4, 0.5) is 0 Å². The van der Waals surface area contributed by atoms with E-state index >= 15 is 0 Å². The zero-order valence-electron chi connectivity index (χ0n) is 7.02. The van der Waals surface area contributed by atoms with Gasteiger partial charge in [0.1, 0.15) is 6.04 Å². The molecule has 0 aliphatic carbocycles. The Bertz CT molecular complexity index is 172. The topological polar surface area (TPSA) is 101 Å². The summed E-state index contributed by atoms with van der Waals surface area (Å²) in [5, 5.41) is 17.0. The van der Waals surface area contributed by atoms with Crippen LogP contribution in [-0.2, 0) is 9.59 Å². The molecule has 0 aromatic carbocycles. The third-order valence-corrected chi connectivity index (χ3v) is 2.03. The maximum atomic E-state index is 10.4. The van der Waals surface area contributed by atoms with E-state index in [0.29, 0.717) is 0 Å². The highest BCUT2D eigenvalue weighted by Gasteiger charge is 2.28. The predicted molar refractivity (Wildman–Crippen MR) is 41.6 cm³/mol. The third-order valence-electron chi connectivity index (χ3n) is 2.03. The minimum atomic E-state index is -1.17. The molecule has 0 spiro atoms. The second kappa shape index (κ2) is 4.06. The fourth-order valence-electron chi connectivity index (χ4n) is 0.761. The van der Waals surface area contributed by atoms with Gasteiger partial charge in [-0.3, -0.25) is 9.59 Å². The van der Waals surface area contributed by atoms with Crippen LogP contribution in [0.15, 0.2) is 0 Å². The summed E-state index contributed by atoms with van der Waals surface area (Å²) in [5.41, 5.74) is 5.24. The zero-order chi connectivity index (χ0) is 9.89. The van der Waals surface area contributed by atoms with Crippen molar-refractivity contribution < 1.29 is 19.8 Å². The van der Waals surface area contributed by atoms with E-state index in [9.17, 15) is 9.59 Å². The Balaban J connectivity index is 4.28. The van der Waals surface area contributed by atoms with Crippen LogP contribution in [0.1, 0.15) is 13.8 Å². The van der Waals surface area contributed by atoms with Gasteiger partial charge < -0.3 is 15.9 Å². The Morgan fingerprint density at radius 2 is 1.58 bits per heavy atom. The van der Waals surface area contributed by atoms with Crippen LogP contribution in [0.2, 0.25) is 0 Å². The van der Waals surface area contributed by atoms with Gasteiger partial charge in [-0.15, -0.1) is 0 Å². The minimum Gasteiger partial charge on any atom is -0.481 e. The molecule has 5 nitrogen and oxygen atoms in total. The van der Waals surface area contributed by atoms with Crippen molar-refractivity contribution in [3.63, 3.8) is 0 Å². The van der Waals surface area contributed by atoms with Gasteiger partial charge in [-0.2, -0.15) is 0 Å². The van der Waals surface area contributed by atoms with Crippen LogP contribution < -0.4 is 5.73 Å². The Morgan fingerprint density at radius 3 is 1.83 bits per heavy atom. The molecule has 0 saturated heterocycles. The van der Waals surface area contributed by atoms with Crippen LogP contribution in [0, 0.1) is 11.8 Å². The lowest BCUT2D eigenvalue weighted by Gasteiger charge is -2.19. The Kier molecular flexibility index (Phi) is 3.69. The third kappa shape index (κ3) is 2.50. The highest BCUT2D eigenvalue weighted by atomic mass is 16.4. The molecule has 0 aliphatic heterocycles. The van der Waals surface area contributed by atoms with Crippen molar-refractivity contribution in [2.75, 3.05) is 0 Å². The van der Waals surface area contributed by atoms with Gasteiger partial charge in [-0.25, -0.2) is 0 Å². The van der Waals surface area contributed by atoms with E-state index < -0.39 is 29.8 Å². The van der Waals surface area contributed by atoms with Crippen molar-refractivity contribution in [2.24, 2.45) is 17.6 Å². The minimum absolute atomic E-state index is 0.569. The van der Waals surface area contributed by atoms with Crippen molar-refractivity contribution in [2.45, 2.75) is 19.9 Å². The molecule has 4 N–H and O–H groups in total. The molecule has 0 saturated carbocycles. The molecule has 0 fully saturated rings. The zero-order valence-corrected chi connectivity index (χ0v) is 7.02. The summed E-state index contributed by atoms with van der Waals surface area (Å²) in [5.74, 6) is -3.51. The maximum absolute atomic E-state index is 10.4. The summed E-state index contributed by atoms with van der Waals surface area (Å²) in [7, 11) is 0. The SMILES string of the molecule is C[C@H]([C@@H](C)C(=O)O)[C@@H](N)C(=O)O. The van der Waals surface area contributed by atoms with Gasteiger partial charge in [0.05, 0.1) is 5.92 Å². The number of carboxylic acid groups (broad SMARTS) is 2. The molecule has 0 radical (unpaired) electrons. The van der Waals surface area contributed by atoms with E-state index in [1.165, 1.54) is 13.8 Å². The average Bonchev–Trinajstić information content (AvgIpc) is 2.00. The monoisotopic (exact) mass is 175 g/mol. The molecular formula is C7H13NO4. The van der Waals surface area contributed by atoms with E-state index in [2.05, 4.69) is 0 Å². The number of aliphatic carboxylic acids is 2. The molecule has 70 valence electrons. The molecule has 0 amide bonds. The lowest BCUT2D eigenvalue weighted by Crippen LogP contribution is -2.41. The second-order valence-electron chi connectivity index (χ2n) is 2.85.